The first-order chi connectivity index (χ1) is 14.8. The molecule has 31 heavy (non-hydrogen) atoms. The highest BCUT2D eigenvalue weighted by Crippen LogP contribution is 2.31. The molecule has 0 bridgehead atoms. The summed E-state index contributed by atoms with van der Waals surface area (Å²) in [6.45, 7) is 1.37. The third kappa shape index (κ3) is 4.82. The van der Waals surface area contributed by atoms with Crippen molar-refractivity contribution in [2.24, 2.45) is 0 Å². The molecule has 4 rings (SSSR count). The second-order valence-corrected chi connectivity index (χ2v) is 7.86. The van der Waals surface area contributed by atoms with Crippen molar-refractivity contribution in [2.75, 3.05) is 23.0 Å². The summed E-state index contributed by atoms with van der Waals surface area (Å²) in [7, 11) is 0. The molecular formula is C22H19F3N4OS. The largest absolute Gasteiger partial charge is 0.416 e. The molecule has 3 aromatic rings. The van der Waals surface area contributed by atoms with Crippen LogP contribution in [0.1, 0.15) is 27.2 Å². The summed E-state index contributed by atoms with van der Waals surface area (Å²) in [4.78, 5) is 23.7. The Morgan fingerprint density at radius 3 is 2.74 bits per heavy atom. The van der Waals surface area contributed by atoms with Gasteiger partial charge in [-0.25, -0.2) is 9.97 Å². The number of nitrogens with one attached hydrogen (secondary N) is 1. The van der Waals surface area contributed by atoms with Crippen molar-refractivity contribution in [3.8, 4) is 0 Å². The predicted octanol–water partition coefficient (Wildman–Crippen LogP) is 5.03. The van der Waals surface area contributed by atoms with Crippen LogP contribution in [-0.4, -0.2) is 28.7 Å². The molecule has 0 aliphatic carbocycles. The van der Waals surface area contributed by atoms with Crippen molar-refractivity contribution in [1.29, 1.82) is 0 Å². The van der Waals surface area contributed by atoms with Crippen molar-refractivity contribution < 1.29 is 18.0 Å². The number of hydrogen-bond donors (Lipinski definition) is 1. The van der Waals surface area contributed by atoms with Gasteiger partial charge in [0.2, 0.25) is 0 Å². The molecule has 1 aliphatic rings. The van der Waals surface area contributed by atoms with E-state index in [2.05, 4.69) is 20.2 Å². The number of amides is 1. The fourth-order valence-electron chi connectivity index (χ4n) is 3.44. The molecular weight excluding hydrogens is 425 g/mol. The van der Waals surface area contributed by atoms with Crippen LogP contribution in [0.5, 0.6) is 0 Å². The van der Waals surface area contributed by atoms with E-state index < -0.39 is 17.6 Å². The molecule has 160 valence electrons. The maximum absolute atomic E-state index is 12.9. The number of rotatable bonds is 4. The lowest BCUT2D eigenvalue weighted by Gasteiger charge is -2.30. The molecule has 1 aliphatic heterocycles. The summed E-state index contributed by atoms with van der Waals surface area (Å²) in [5, 5.41) is 3.30. The Bertz CT molecular complexity index is 1120. The van der Waals surface area contributed by atoms with Crippen molar-refractivity contribution in [1.82, 2.24) is 9.97 Å². The zero-order valence-electron chi connectivity index (χ0n) is 16.6. The van der Waals surface area contributed by atoms with Gasteiger partial charge in [-0.1, -0.05) is 23.9 Å². The fraction of sp³-hybridized carbons (Fsp3) is 0.227. The molecule has 2 heterocycles. The number of thioether (sulfide) groups is 1. The van der Waals surface area contributed by atoms with Crippen LogP contribution in [0.2, 0.25) is 0 Å². The minimum atomic E-state index is -4.47. The highest BCUT2D eigenvalue weighted by Gasteiger charge is 2.30. The second-order valence-electron chi connectivity index (χ2n) is 7.08. The van der Waals surface area contributed by atoms with Crippen LogP contribution >= 0.6 is 11.8 Å². The Morgan fingerprint density at radius 2 is 1.97 bits per heavy atom. The Balaban J connectivity index is 1.50. The van der Waals surface area contributed by atoms with Gasteiger partial charge in [0.1, 0.15) is 0 Å². The molecule has 0 atom stereocenters. The number of carbonyl (C=O) groups is 1. The average Bonchev–Trinajstić information content (AvgIpc) is 2.78. The molecule has 0 saturated heterocycles. The Hall–Kier alpha value is -3.07. The average molecular weight is 444 g/mol. The van der Waals surface area contributed by atoms with Gasteiger partial charge >= 0.3 is 6.18 Å². The lowest BCUT2D eigenvalue weighted by Crippen LogP contribution is -2.31. The highest BCUT2D eigenvalue weighted by atomic mass is 32.2. The van der Waals surface area contributed by atoms with E-state index in [9.17, 15) is 18.0 Å². The van der Waals surface area contributed by atoms with Gasteiger partial charge in [-0.15, -0.1) is 0 Å². The first kappa shape index (κ1) is 21.2. The molecule has 0 fully saturated rings. The topological polar surface area (TPSA) is 58.1 Å². The number of benzene rings is 2. The molecule has 0 unspecified atom stereocenters. The summed E-state index contributed by atoms with van der Waals surface area (Å²) >= 11 is 1.50. The molecule has 2 aromatic carbocycles. The molecule has 5 nitrogen and oxygen atoms in total. The van der Waals surface area contributed by atoms with Gasteiger partial charge in [-0.05, 0) is 42.7 Å². The molecule has 9 heteroatoms. The van der Waals surface area contributed by atoms with E-state index >= 15 is 0 Å². The van der Waals surface area contributed by atoms with Crippen LogP contribution in [0.25, 0.3) is 0 Å². The monoisotopic (exact) mass is 444 g/mol. The maximum Gasteiger partial charge on any atom is 0.416 e. The predicted molar refractivity (Wildman–Crippen MR) is 114 cm³/mol. The van der Waals surface area contributed by atoms with E-state index in [1.54, 1.807) is 18.2 Å². The Morgan fingerprint density at radius 1 is 1.16 bits per heavy atom. The number of anilines is 2. The zero-order chi connectivity index (χ0) is 22.0. The van der Waals surface area contributed by atoms with Crippen molar-refractivity contribution in [3.05, 3.63) is 77.1 Å². The van der Waals surface area contributed by atoms with E-state index in [1.165, 1.54) is 23.9 Å². The standard InChI is InChI=1S/C22H19F3N4OS/c1-31-21-26-12-15-13-29(9-8-19(15)28-21)18-7-2-4-14(10-18)20(30)27-17-6-3-5-16(11-17)22(23,24)25/h2-7,10-12H,8-9,13H2,1H3,(H,27,30). The van der Waals surface area contributed by atoms with E-state index in [-0.39, 0.29) is 5.69 Å². The summed E-state index contributed by atoms with van der Waals surface area (Å²) in [6, 6.07) is 11.6. The number of halogens is 3. The first-order valence-electron chi connectivity index (χ1n) is 9.56. The minimum absolute atomic E-state index is 0.0962. The lowest BCUT2D eigenvalue weighted by atomic mass is 10.1. The third-order valence-corrected chi connectivity index (χ3v) is 5.58. The molecule has 1 amide bonds. The number of fused-ring (bicyclic) bond motifs is 1. The van der Waals surface area contributed by atoms with Crippen LogP contribution in [0.4, 0.5) is 24.5 Å². The van der Waals surface area contributed by atoms with E-state index in [0.29, 0.717) is 12.1 Å². The molecule has 0 spiro atoms. The van der Waals surface area contributed by atoms with Crippen molar-refractivity contribution >= 4 is 29.0 Å². The molecule has 0 saturated carbocycles. The van der Waals surface area contributed by atoms with Gasteiger partial charge in [-0.3, -0.25) is 4.79 Å². The summed E-state index contributed by atoms with van der Waals surface area (Å²) in [6.07, 6.45) is 0.0782. The molecule has 1 N–H and O–H groups in total. The Labute approximate surface area is 181 Å². The van der Waals surface area contributed by atoms with Gasteiger partial charge in [0.05, 0.1) is 11.3 Å². The van der Waals surface area contributed by atoms with Gasteiger partial charge in [-0.2, -0.15) is 13.2 Å². The van der Waals surface area contributed by atoms with Gasteiger partial charge < -0.3 is 10.2 Å². The first-order valence-corrected chi connectivity index (χ1v) is 10.8. The molecule has 1 aromatic heterocycles. The van der Waals surface area contributed by atoms with Crippen LogP contribution in [0.3, 0.4) is 0 Å². The quantitative estimate of drug-likeness (QED) is 0.452. The fourth-order valence-corrected chi connectivity index (χ4v) is 3.80. The highest BCUT2D eigenvalue weighted by molar-refractivity contribution is 7.98. The summed E-state index contributed by atoms with van der Waals surface area (Å²) in [5.74, 6) is -0.466. The van der Waals surface area contributed by atoms with E-state index in [0.717, 1.165) is 47.2 Å². The summed E-state index contributed by atoms with van der Waals surface area (Å²) in [5.41, 5.74) is 2.60. The maximum atomic E-state index is 12.9. The SMILES string of the molecule is CSc1ncc2c(n1)CCN(c1cccc(C(=O)Nc3cccc(C(F)(F)F)c3)c1)C2. The van der Waals surface area contributed by atoms with Crippen LogP contribution < -0.4 is 10.2 Å². The second kappa shape index (κ2) is 8.58. The van der Waals surface area contributed by atoms with Gasteiger partial charge in [0.25, 0.3) is 5.91 Å². The number of aromatic nitrogens is 2. The smallest absolute Gasteiger partial charge is 0.367 e. The minimum Gasteiger partial charge on any atom is -0.367 e. The van der Waals surface area contributed by atoms with Gasteiger partial charge in [0.15, 0.2) is 5.16 Å². The van der Waals surface area contributed by atoms with Crippen molar-refractivity contribution in [3.63, 3.8) is 0 Å². The Kier molecular flexibility index (Phi) is 5.86. The zero-order valence-corrected chi connectivity index (χ0v) is 17.4. The normalized spacial score (nSPS) is 13.6. The third-order valence-electron chi connectivity index (χ3n) is 5.02. The number of carbonyl (C=O) groups excluding carboxylic acids is 1. The van der Waals surface area contributed by atoms with Crippen LogP contribution in [0.15, 0.2) is 59.9 Å². The molecule has 0 radical (unpaired) electrons. The lowest BCUT2D eigenvalue weighted by molar-refractivity contribution is -0.137. The number of hydrogen-bond acceptors (Lipinski definition) is 5. The van der Waals surface area contributed by atoms with Crippen LogP contribution in [0, 0.1) is 0 Å². The number of alkyl halides is 3. The van der Waals surface area contributed by atoms with Crippen LogP contribution in [-0.2, 0) is 19.1 Å². The number of nitrogens with zero attached hydrogens (tertiary/aromatic N) is 3. The van der Waals surface area contributed by atoms with E-state index in [4.69, 9.17) is 0 Å². The van der Waals surface area contributed by atoms with E-state index in [1.807, 2.05) is 18.5 Å². The van der Waals surface area contributed by atoms with Gasteiger partial charge in [0, 0.05) is 48.2 Å². The summed E-state index contributed by atoms with van der Waals surface area (Å²) < 4.78 is 38.7. The van der Waals surface area contributed by atoms with Crippen molar-refractivity contribution in [2.45, 2.75) is 24.3 Å².